The Labute approximate surface area is 138 Å². The number of hydrogen-bond acceptors (Lipinski definition) is 6. The second kappa shape index (κ2) is 6.23. The van der Waals surface area contributed by atoms with Crippen molar-refractivity contribution in [3.63, 3.8) is 0 Å². The van der Waals surface area contributed by atoms with Gasteiger partial charge in [0.2, 0.25) is 0 Å². The smallest absolute Gasteiger partial charge is 0.290 e. The van der Waals surface area contributed by atoms with E-state index >= 15 is 0 Å². The molecule has 1 aromatic heterocycles. The van der Waals surface area contributed by atoms with Crippen LogP contribution in [0.2, 0.25) is 0 Å². The first-order chi connectivity index (χ1) is 11.5. The van der Waals surface area contributed by atoms with Gasteiger partial charge in [-0.1, -0.05) is 18.2 Å². The van der Waals surface area contributed by atoms with Crippen molar-refractivity contribution in [2.24, 2.45) is 0 Å². The minimum atomic E-state index is -0.463. The van der Waals surface area contributed by atoms with E-state index in [2.05, 4.69) is 4.98 Å². The molecule has 0 unspecified atom stereocenters. The Balaban J connectivity index is 1.93. The highest BCUT2D eigenvalue weighted by Crippen LogP contribution is 2.34. The van der Waals surface area contributed by atoms with Gasteiger partial charge < -0.3 is 4.90 Å². The second-order valence-corrected chi connectivity index (χ2v) is 5.83. The highest BCUT2D eigenvalue weighted by molar-refractivity contribution is 5.52. The molecule has 8 heteroatoms. The molecule has 0 saturated heterocycles. The topological polar surface area (TPSA) is 102 Å². The molecule has 124 valence electrons. The number of aryl methyl sites for hydroxylation is 1. The second-order valence-electron chi connectivity index (χ2n) is 5.83. The van der Waals surface area contributed by atoms with Crippen LogP contribution in [0.25, 0.3) is 0 Å². The number of benzene rings is 1. The van der Waals surface area contributed by atoms with Gasteiger partial charge in [0.05, 0.1) is 16.4 Å². The van der Waals surface area contributed by atoms with E-state index in [1.54, 1.807) is 31.2 Å². The summed E-state index contributed by atoms with van der Waals surface area (Å²) in [5, 5.41) is 22.1. The molecule has 1 aromatic carbocycles. The zero-order chi connectivity index (χ0) is 17.3. The van der Waals surface area contributed by atoms with E-state index in [0.29, 0.717) is 23.5 Å². The van der Waals surface area contributed by atoms with Crippen LogP contribution in [0.3, 0.4) is 0 Å². The monoisotopic (exact) mass is 328 g/mol. The van der Waals surface area contributed by atoms with Gasteiger partial charge in [0.15, 0.2) is 0 Å². The van der Waals surface area contributed by atoms with Gasteiger partial charge in [-0.2, -0.15) is 0 Å². The van der Waals surface area contributed by atoms with Crippen LogP contribution in [0, 0.1) is 27.2 Å². The van der Waals surface area contributed by atoms with Gasteiger partial charge in [0, 0.05) is 23.2 Å². The quantitative estimate of drug-likeness (QED) is 0.595. The SMILES string of the molecule is Cc1cc(N(Cc2ccccc2[N+](=O)[O-])C2CC2)ncc1[N+](=O)[O-]. The van der Waals surface area contributed by atoms with Crippen molar-refractivity contribution in [1.29, 1.82) is 0 Å². The molecule has 2 aromatic rings. The standard InChI is InChI=1S/C16H16N4O4/c1-11-8-16(17-9-15(11)20(23)24)18(13-6-7-13)10-12-4-2-3-5-14(12)19(21)22/h2-5,8-9,13H,6-7,10H2,1H3. The third kappa shape index (κ3) is 3.17. The van der Waals surface area contributed by atoms with Crippen molar-refractivity contribution in [2.75, 3.05) is 4.90 Å². The number of hydrogen-bond donors (Lipinski definition) is 0. The Kier molecular flexibility index (Phi) is 4.11. The highest BCUT2D eigenvalue weighted by Gasteiger charge is 2.32. The molecule has 0 aliphatic heterocycles. The molecule has 24 heavy (non-hydrogen) atoms. The first-order valence-corrected chi connectivity index (χ1v) is 7.57. The summed E-state index contributed by atoms with van der Waals surface area (Å²) < 4.78 is 0. The lowest BCUT2D eigenvalue weighted by Crippen LogP contribution is -2.26. The van der Waals surface area contributed by atoms with E-state index in [4.69, 9.17) is 0 Å². The lowest BCUT2D eigenvalue weighted by Gasteiger charge is -2.23. The van der Waals surface area contributed by atoms with E-state index in [9.17, 15) is 20.2 Å². The molecule has 0 bridgehead atoms. The Bertz CT molecular complexity index is 804. The minimum absolute atomic E-state index is 0.0276. The van der Waals surface area contributed by atoms with Crippen LogP contribution in [-0.2, 0) is 6.54 Å². The van der Waals surface area contributed by atoms with Crippen molar-refractivity contribution >= 4 is 17.2 Å². The summed E-state index contributed by atoms with van der Waals surface area (Å²) in [6.07, 6.45) is 3.22. The van der Waals surface area contributed by atoms with Gasteiger partial charge in [0.1, 0.15) is 12.0 Å². The zero-order valence-electron chi connectivity index (χ0n) is 13.1. The normalized spacial score (nSPS) is 13.5. The molecule has 0 radical (unpaired) electrons. The first kappa shape index (κ1) is 15.9. The highest BCUT2D eigenvalue weighted by atomic mass is 16.6. The van der Waals surface area contributed by atoms with Gasteiger partial charge in [-0.05, 0) is 25.8 Å². The van der Waals surface area contributed by atoms with Gasteiger partial charge in [0.25, 0.3) is 11.4 Å². The van der Waals surface area contributed by atoms with Gasteiger partial charge in [-0.3, -0.25) is 20.2 Å². The Morgan fingerprint density at radius 3 is 2.42 bits per heavy atom. The predicted molar refractivity (Wildman–Crippen MR) is 87.9 cm³/mol. The lowest BCUT2D eigenvalue weighted by atomic mass is 10.1. The average molecular weight is 328 g/mol. The fourth-order valence-corrected chi connectivity index (χ4v) is 2.67. The fraction of sp³-hybridized carbons (Fsp3) is 0.312. The van der Waals surface area contributed by atoms with E-state index in [1.165, 1.54) is 12.3 Å². The summed E-state index contributed by atoms with van der Waals surface area (Å²) in [6.45, 7) is 2.02. The Morgan fingerprint density at radius 1 is 1.17 bits per heavy atom. The van der Waals surface area contributed by atoms with Crippen molar-refractivity contribution in [1.82, 2.24) is 4.98 Å². The van der Waals surface area contributed by atoms with Crippen LogP contribution in [0.15, 0.2) is 36.5 Å². The summed E-state index contributed by atoms with van der Waals surface area (Å²) in [4.78, 5) is 27.5. The molecular weight excluding hydrogens is 312 g/mol. The van der Waals surface area contributed by atoms with Crippen LogP contribution in [0.5, 0.6) is 0 Å². The largest absolute Gasteiger partial charge is 0.349 e. The Morgan fingerprint density at radius 2 is 1.83 bits per heavy atom. The number of aromatic nitrogens is 1. The molecule has 1 heterocycles. The zero-order valence-corrected chi connectivity index (χ0v) is 13.1. The van der Waals surface area contributed by atoms with Crippen molar-refractivity contribution < 1.29 is 9.85 Å². The van der Waals surface area contributed by atoms with Crippen LogP contribution >= 0.6 is 0 Å². The molecule has 1 fully saturated rings. The number of anilines is 1. The predicted octanol–water partition coefficient (Wildman–Crippen LogP) is 3.38. The lowest BCUT2D eigenvalue weighted by molar-refractivity contribution is -0.385. The molecule has 8 nitrogen and oxygen atoms in total. The van der Waals surface area contributed by atoms with E-state index in [0.717, 1.165) is 12.8 Å². The molecule has 1 aliphatic rings. The van der Waals surface area contributed by atoms with E-state index < -0.39 is 9.85 Å². The molecular formula is C16H16N4O4. The summed E-state index contributed by atoms with van der Waals surface area (Å²) in [5.41, 5.74) is 1.17. The summed E-state index contributed by atoms with van der Waals surface area (Å²) in [5.74, 6) is 0.610. The van der Waals surface area contributed by atoms with Crippen LogP contribution < -0.4 is 4.90 Å². The number of nitro groups is 2. The van der Waals surface area contributed by atoms with Gasteiger partial charge in [-0.15, -0.1) is 0 Å². The fourth-order valence-electron chi connectivity index (χ4n) is 2.67. The average Bonchev–Trinajstić information content (AvgIpc) is 3.37. The summed E-state index contributed by atoms with van der Waals surface area (Å²) in [7, 11) is 0. The van der Waals surface area contributed by atoms with Crippen molar-refractivity contribution in [3.8, 4) is 0 Å². The first-order valence-electron chi connectivity index (χ1n) is 7.57. The maximum absolute atomic E-state index is 11.2. The molecule has 0 N–H and O–H groups in total. The summed E-state index contributed by atoms with van der Waals surface area (Å²) in [6, 6.07) is 8.55. The summed E-state index contributed by atoms with van der Waals surface area (Å²) >= 11 is 0. The van der Waals surface area contributed by atoms with Gasteiger partial charge >= 0.3 is 0 Å². The molecule has 3 rings (SSSR count). The van der Waals surface area contributed by atoms with E-state index in [1.807, 2.05) is 4.90 Å². The molecule has 1 aliphatic carbocycles. The molecule has 0 spiro atoms. The number of nitro benzene ring substituents is 1. The molecule has 1 saturated carbocycles. The van der Waals surface area contributed by atoms with Gasteiger partial charge in [-0.25, -0.2) is 4.98 Å². The number of nitrogens with zero attached hydrogens (tertiary/aromatic N) is 4. The number of rotatable bonds is 6. The molecule has 0 atom stereocenters. The van der Waals surface area contributed by atoms with Crippen LogP contribution in [0.4, 0.5) is 17.2 Å². The Hall–Kier alpha value is -3.03. The van der Waals surface area contributed by atoms with E-state index in [-0.39, 0.29) is 17.4 Å². The number of para-hydroxylation sites is 1. The maximum atomic E-state index is 11.2. The molecule has 0 amide bonds. The van der Waals surface area contributed by atoms with Crippen molar-refractivity contribution in [2.45, 2.75) is 32.4 Å². The maximum Gasteiger partial charge on any atom is 0.290 e. The van der Waals surface area contributed by atoms with Crippen LogP contribution in [0.1, 0.15) is 24.0 Å². The third-order valence-electron chi connectivity index (χ3n) is 4.08. The number of pyridine rings is 1. The third-order valence-corrected chi connectivity index (χ3v) is 4.08. The van der Waals surface area contributed by atoms with Crippen molar-refractivity contribution in [3.05, 3.63) is 67.9 Å². The minimum Gasteiger partial charge on any atom is -0.349 e. The van der Waals surface area contributed by atoms with Crippen LogP contribution in [-0.4, -0.2) is 20.9 Å².